The van der Waals surface area contributed by atoms with Crippen molar-refractivity contribution in [3.8, 4) is 0 Å². The summed E-state index contributed by atoms with van der Waals surface area (Å²) in [5.74, 6) is 0.216. The van der Waals surface area contributed by atoms with Crippen LogP contribution in [-0.4, -0.2) is 11.6 Å². The second-order valence-corrected chi connectivity index (χ2v) is 7.22. The van der Waals surface area contributed by atoms with Crippen molar-refractivity contribution >= 4 is 11.6 Å². The average Bonchev–Trinajstić information content (AvgIpc) is 2.66. The van der Waals surface area contributed by atoms with Crippen LogP contribution in [0.5, 0.6) is 0 Å². The third-order valence-corrected chi connectivity index (χ3v) is 5.86. The van der Waals surface area contributed by atoms with E-state index >= 15 is 0 Å². The molecule has 2 heteroatoms. The molecule has 0 saturated heterocycles. The number of carbonyl (C=O) groups is 2. The molecule has 0 aliphatic heterocycles. The van der Waals surface area contributed by atoms with Crippen LogP contribution in [0.2, 0.25) is 0 Å². The Labute approximate surface area is 152 Å². The Kier molecular flexibility index (Phi) is 3.08. The third-order valence-electron chi connectivity index (χ3n) is 5.86. The van der Waals surface area contributed by atoms with Gasteiger partial charge in [-0.1, -0.05) is 60.7 Å². The molecule has 2 atom stereocenters. The molecule has 0 radical (unpaired) electrons. The van der Waals surface area contributed by atoms with Gasteiger partial charge in [0.05, 0.1) is 0 Å². The van der Waals surface area contributed by atoms with Crippen LogP contribution in [0.4, 0.5) is 0 Å². The molecule has 0 spiro atoms. The quantitative estimate of drug-likeness (QED) is 0.421. The Morgan fingerprint density at radius 1 is 0.577 bits per heavy atom. The van der Waals surface area contributed by atoms with Crippen LogP contribution in [0, 0.1) is 0 Å². The second kappa shape index (κ2) is 5.25. The SMILES string of the molecule is CC(=O)c1cccc2c1C1c3ccccc3C2c2c(C(C)=O)cccc21. The van der Waals surface area contributed by atoms with Crippen LogP contribution >= 0.6 is 0 Å². The molecule has 0 saturated carbocycles. The molecule has 126 valence electrons. The normalized spacial score (nSPS) is 18.7. The molecule has 2 nitrogen and oxygen atoms in total. The summed E-state index contributed by atoms with van der Waals surface area (Å²) in [7, 11) is 0. The van der Waals surface area contributed by atoms with Crippen molar-refractivity contribution in [2.45, 2.75) is 25.7 Å². The smallest absolute Gasteiger partial charge is 0.160 e. The van der Waals surface area contributed by atoms with E-state index in [1.807, 2.05) is 24.3 Å². The van der Waals surface area contributed by atoms with Gasteiger partial charge in [0.25, 0.3) is 0 Å². The summed E-state index contributed by atoms with van der Waals surface area (Å²) in [5.41, 5.74) is 8.69. The molecule has 3 aromatic rings. The van der Waals surface area contributed by atoms with Crippen LogP contribution in [0.3, 0.4) is 0 Å². The van der Waals surface area contributed by atoms with E-state index < -0.39 is 0 Å². The molecule has 3 aliphatic carbocycles. The fraction of sp³-hybridized carbons (Fsp3) is 0.167. The Morgan fingerprint density at radius 3 is 1.35 bits per heavy atom. The molecular weight excluding hydrogens is 320 g/mol. The summed E-state index contributed by atoms with van der Waals surface area (Å²) in [6, 6.07) is 20.5. The van der Waals surface area contributed by atoms with E-state index in [0.29, 0.717) is 0 Å². The highest BCUT2D eigenvalue weighted by Gasteiger charge is 2.43. The fourth-order valence-corrected chi connectivity index (χ4v) is 4.92. The monoisotopic (exact) mass is 338 g/mol. The first kappa shape index (κ1) is 15.3. The predicted molar refractivity (Wildman–Crippen MR) is 101 cm³/mol. The van der Waals surface area contributed by atoms with E-state index in [2.05, 4.69) is 36.4 Å². The van der Waals surface area contributed by atoms with Gasteiger partial charge in [-0.15, -0.1) is 0 Å². The lowest BCUT2D eigenvalue weighted by atomic mass is 9.59. The Morgan fingerprint density at radius 2 is 0.962 bits per heavy atom. The van der Waals surface area contributed by atoms with Crippen molar-refractivity contribution in [2.24, 2.45) is 0 Å². The van der Waals surface area contributed by atoms with Gasteiger partial charge in [0.15, 0.2) is 11.6 Å². The van der Waals surface area contributed by atoms with Crippen molar-refractivity contribution in [3.63, 3.8) is 0 Å². The van der Waals surface area contributed by atoms with Crippen LogP contribution in [-0.2, 0) is 0 Å². The van der Waals surface area contributed by atoms with Crippen molar-refractivity contribution in [3.05, 3.63) is 105 Å². The number of rotatable bonds is 2. The fourth-order valence-electron chi connectivity index (χ4n) is 4.92. The highest BCUT2D eigenvalue weighted by molar-refractivity contribution is 5.99. The van der Waals surface area contributed by atoms with Gasteiger partial charge in [-0.05, 0) is 47.2 Å². The van der Waals surface area contributed by atoms with Crippen molar-refractivity contribution in [1.29, 1.82) is 0 Å². The van der Waals surface area contributed by atoms with Crippen molar-refractivity contribution in [1.82, 2.24) is 0 Å². The van der Waals surface area contributed by atoms with E-state index in [4.69, 9.17) is 0 Å². The van der Waals surface area contributed by atoms with E-state index in [1.54, 1.807) is 13.8 Å². The minimum atomic E-state index is 0.0144. The maximum absolute atomic E-state index is 12.3. The topological polar surface area (TPSA) is 34.1 Å². The molecule has 0 N–H and O–H groups in total. The number of Topliss-reactive ketones (excluding diaryl/α,β-unsaturated/α-hetero) is 2. The first-order chi connectivity index (χ1) is 12.6. The van der Waals surface area contributed by atoms with Gasteiger partial charge in [0.2, 0.25) is 0 Å². The van der Waals surface area contributed by atoms with Gasteiger partial charge < -0.3 is 0 Å². The van der Waals surface area contributed by atoms with E-state index in [9.17, 15) is 9.59 Å². The Bertz CT molecular complexity index is 1020. The molecule has 2 bridgehead atoms. The van der Waals surface area contributed by atoms with Crippen LogP contribution in [0.25, 0.3) is 0 Å². The summed E-state index contributed by atoms with van der Waals surface area (Å²) in [5, 5.41) is 0. The van der Waals surface area contributed by atoms with Crippen LogP contribution in [0.1, 0.15) is 79.8 Å². The molecule has 0 heterocycles. The highest BCUT2D eigenvalue weighted by Crippen LogP contribution is 2.57. The molecule has 6 rings (SSSR count). The summed E-state index contributed by atoms with van der Waals surface area (Å²) >= 11 is 0. The molecule has 0 amide bonds. The zero-order chi connectivity index (χ0) is 18.0. The summed E-state index contributed by atoms with van der Waals surface area (Å²) in [6.45, 7) is 3.27. The summed E-state index contributed by atoms with van der Waals surface area (Å²) in [4.78, 5) is 24.7. The van der Waals surface area contributed by atoms with Crippen molar-refractivity contribution in [2.75, 3.05) is 0 Å². The number of hydrogen-bond donors (Lipinski definition) is 0. The van der Waals surface area contributed by atoms with E-state index in [0.717, 1.165) is 22.3 Å². The van der Waals surface area contributed by atoms with E-state index in [-0.39, 0.29) is 23.4 Å². The van der Waals surface area contributed by atoms with Gasteiger partial charge in [-0.3, -0.25) is 9.59 Å². The minimum absolute atomic E-state index is 0.0144. The Hall–Kier alpha value is -3.00. The predicted octanol–water partition coefficient (Wildman–Crippen LogP) is 5.08. The minimum Gasteiger partial charge on any atom is -0.295 e. The molecular formula is C24H18O2. The van der Waals surface area contributed by atoms with Gasteiger partial charge in [-0.25, -0.2) is 0 Å². The zero-order valence-corrected chi connectivity index (χ0v) is 14.7. The standard InChI is InChI=1S/C24H18O2/c1-13(25)15-9-5-11-19-21(15)23-17-7-3-4-8-18(17)24(19)22-16(14(2)26)10-6-12-20(22)23/h3-12,23-24H,1-2H3. The molecule has 2 unspecified atom stereocenters. The summed E-state index contributed by atoms with van der Waals surface area (Å²) in [6.07, 6.45) is 0. The Balaban J connectivity index is 1.93. The van der Waals surface area contributed by atoms with Gasteiger partial charge in [0, 0.05) is 23.0 Å². The molecule has 0 fully saturated rings. The number of benzene rings is 3. The average molecular weight is 338 g/mol. The molecule has 3 aromatic carbocycles. The molecule has 3 aliphatic rings. The molecule has 0 aromatic heterocycles. The lowest BCUT2D eigenvalue weighted by Crippen LogP contribution is -2.30. The maximum Gasteiger partial charge on any atom is 0.160 e. The molecule has 26 heavy (non-hydrogen) atoms. The third kappa shape index (κ3) is 1.82. The van der Waals surface area contributed by atoms with Gasteiger partial charge in [0.1, 0.15) is 0 Å². The number of ketones is 2. The largest absolute Gasteiger partial charge is 0.295 e. The number of hydrogen-bond acceptors (Lipinski definition) is 2. The van der Waals surface area contributed by atoms with Gasteiger partial charge >= 0.3 is 0 Å². The van der Waals surface area contributed by atoms with E-state index in [1.165, 1.54) is 22.3 Å². The lowest BCUT2D eigenvalue weighted by Gasteiger charge is -2.43. The first-order valence-corrected chi connectivity index (χ1v) is 8.96. The first-order valence-electron chi connectivity index (χ1n) is 8.96. The van der Waals surface area contributed by atoms with Crippen LogP contribution < -0.4 is 0 Å². The summed E-state index contributed by atoms with van der Waals surface area (Å²) < 4.78 is 0. The second-order valence-electron chi connectivity index (χ2n) is 7.22. The van der Waals surface area contributed by atoms with Crippen LogP contribution in [0.15, 0.2) is 60.7 Å². The zero-order valence-electron chi connectivity index (χ0n) is 14.7. The maximum atomic E-state index is 12.3. The highest BCUT2D eigenvalue weighted by atomic mass is 16.1. The van der Waals surface area contributed by atoms with Crippen molar-refractivity contribution < 1.29 is 9.59 Å². The van der Waals surface area contributed by atoms with Gasteiger partial charge in [-0.2, -0.15) is 0 Å². The lowest BCUT2D eigenvalue weighted by molar-refractivity contribution is 0.100. The number of carbonyl (C=O) groups excluding carboxylic acids is 2.